The molecular formula is C13H16FN3O2. The molecule has 2 amide bonds. The van der Waals surface area contributed by atoms with E-state index in [-0.39, 0.29) is 18.5 Å². The van der Waals surface area contributed by atoms with Gasteiger partial charge in [0.2, 0.25) is 5.91 Å². The van der Waals surface area contributed by atoms with Gasteiger partial charge >= 0.3 is 0 Å². The van der Waals surface area contributed by atoms with Gasteiger partial charge in [0.1, 0.15) is 5.82 Å². The molecular weight excluding hydrogens is 249 g/mol. The smallest absolute Gasteiger partial charge is 0.254 e. The Morgan fingerprint density at radius 3 is 2.58 bits per heavy atom. The van der Waals surface area contributed by atoms with E-state index >= 15 is 0 Å². The summed E-state index contributed by atoms with van der Waals surface area (Å²) in [5.41, 5.74) is 5.54. The van der Waals surface area contributed by atoms with Crippen LogP contribution in [0.15, 0.2) is 24.3 Å². The highest BCUT2D eigenvalue weighted by Crippen LogP contribution is 2.13. The van der Waals surface area contributed by atoms with Crippen LogP contribution in [-0.4, -0.2) is 42.4 Å². The third kappa shape index (κ3) is 3.29. The van der Waals surface area contributed by atoms with Gasteiger partial charge in [-0.25, -0.2) is 4.39 Å². The molecule has 3 N–H and O–H groups in total. The van der Waals surface area contributed by atoms with Crippen molar-refractivity contribution >= 4 is 11.8 Å². The summed E-state index contributed by atoms with van der Waals surface area (Å²) in [7, 11) is 0. The molecule has 1 aliphatic heterocycles. The first kappa shape index (κ1) is 13.5. The second kappa shape index (κ2) is 5.79. The second-order valence-corrected chi connectivity index (χ2v) is 4.55. The number of halogens is 1. The van der Waals surface area contributed by atoms with Crippen molar-refractivity contribution in [2.45, 2.75) is 12.5 Å². The molecule has 1 aliphatic rings. The fraction of sp³-hybridized carbons (Fsp3) is 0.385. The lowest BCUT2D eigenvalue weighted by Crippen LogP contribution is -2.46. The minimum atomic E-state index is -0.553. The summed E-state index contributed by atoms with van der Waals surface area (Å²) in [4.78, 5) is 24.9. The van der Waals surface area contributed by atoms with E-state index in [9.17, 15) is 14.0 Å². The van der Waals surface area contributed by atoms with Crippen molar-refractivity contribution in [2.24, 2.45) is 5.73 Å². The third-order valence-corrected chi connectivity index (χ3v) is 3.15. The van der Waals surface area contributed by atoms with Crippen LogP contribution < -0.4 is 11.1 Å². The van der Waals surface area contributed by atoms with E-state index in [1.165, 1.54) is 29.2 Å². The molecule has 1 saturated heterocycles. The SMILES string of the molecule is NC(=O)CN(C(=O)c1ccc(F)cc1)C1CCNC1. The first-order valence-electron chi connectivity index (χ1n) is 6.13. The summed E-state index contributed by atoms with van der Waals surface area (Å²) < 4.78 is 12.9. The molecule has 0 saturated carbocycles. The van der Waals surface area contributed by atoms with E-state index in [0.717, 1.165) is 13.0 Å². The van der Waals surface area contributed by atoms with Crippen molar-refractivity contribution in [3.05, 3.63) is 35.6 Å². The van der Waals surface area contributed by atoms with Crippen molar-refractivity contribution in [1.29, 1.82) is 0 Å². The number of nitrogens with one attached hydrogen (secondary N) is 1. The largest absolute Gasteiger partial charge is 0.368 e. The molecule has 0 radical (unpaired) electrons. The van der Waals surface area contributed by atoms with Gasteiger partial charge in [-0.1, -0.05) is 0 Å². The Kier molecular flexibility index (Phi) is 4.11. The highest BCUT2D eigenvalue weighted by atomic mass is 19.1. The van der Waals surface area contributed by atoms with Gasteiger partial charge in [-0.3, -0.25) is 9.59 Å². The monoisotopic (exact) mass is 265 g/mol. The molecule has 0 aromatic heterocycles. The molecule has 2 rings (SSSR count). The summed E-state index contributed by atoms with van der Waals surface area (Å²) in [6.07, 6.45) is 0.778. The zero-order valence-electron chi connectivity index (χ0n) is 10.4. The first-order valence-corrected chi connectivity index (χ1v) is 6.13. The molecule has 1 aromatic rings. The second-order valence-electron chi connectivity index (χ2n) is 4.55. The van der Waals surface area contributed by atoms with Crippen molar-refractivity contribution in [2.75, 3.05) is 19.6 Å². The van der Waals surface area contributed by atoms with Crippen LogP contribution in [0.5, 0.6) is 0 Å². The summed E-state index contributed by atoms with van der Waals surface area (Å²) in [5, 5.41) is 3.14. The number of rotatable bonds is 4. The molecule has 0 bridgehead atoms. The zero-order chi connectivity index (χ0) is 13.8. The minimum absolute atomic E-state index is 0.0509. The maximum Gasteiger partial charge on any atom is 0.254 e. The summed E-state index contributed by atoms with van der Waals surface area (Å²) in [5.74, 6) is -1.25. The van der Waals surface area contributed by atoms with Crippen LogP contribution in [-0.2, 0) is 4.79 Å². The van der Waals surface area contributed by atoms with Gasteiger partial charge in [-0.2, -0.15) is 0 Å². The van der Waals surface area contributed by atoms with Crippen molar-refractivity contribution in [3.8, 4) is 0 Å². The van der Waals surface area contributed by atoms with Gasteiger partial charge in [0.25, 0.3) is 5.91 Å². The topological polar surface area (TPSA) is 75.4 Å². The van der Waals surface area contributed by atoms with Crippen LogP contribution in [0.2, 0.25) is 0 Å². The van der Waals surface area contributed by atoms with Gasteiger partial charge in [-0.15, -0.1) is 0 Å². The highest BCUT2D eigenvalue weighted by molar-refractivity contribution is 5.96. The Morgan fingerprint density at radius 2 is 2.05 bits per heavy atom. The average Bonchev–Trinajstić information content (AvgIpc) is 2.89. The summed E-state index contributed by atoms with van der Waals surface area (Å²) in [6.45, 7) is 1.32. The Hall–Kier alpha value is -1.95. The van der Waals surface area contributed by atoms with E-state index in [0.29, 0.717) is 12.1 Å². The zero-order valence-corrected chi connectivity index (χ0v) is 10.4. The molecule has 0 aliphatic carbocycles. The number of benzene rings is 1. The molecule has 102 valence electrons. The van der Waals surface area contributed by atoms with Gasteiger partial charge in [0.05, 0.1) is 6.54 Å². The van der Waals surface area contributed by atoms with Crippen LogP contribution in [0, 0.1) is 5.82 Å². The number of carbonyl (C=O) groups excluding carboxylic acids is 2. The number of carbonyl (C=O) groups is 2. The van der Waals surface area contributed by atoms with Crippen LogP contribution in [0.25, 0.3) is 0 Å². The van der Waals surface area contributed by atoms with Gasteiger partial charge in [0.15, 0.2) is 0 Å². The normalized spacial score (nSPS) is 18.3. The molecule has 5 nitrogen and oxygen atoms in total. The van der Waals surface area contributed by atoms with E-state index in [1.54, 1.807) is 0 Å². The van der Waals surface area contributed by atoms with Crippen LogP contribution in [0.3, 0.4) is 0 Å². The number of nitrogens with zero attached hydrogens (tertiary/aromatic N) is 1. The predicted octanol–water partition coefficient (Wildman–Crippen LogP) is 0.115. The minimum Gasteiger partial charge on any atom is -0.368 e. The number of nitrogens with two attached hydrogens (primary N) is 1. The predicted molar refractivity (Wildman–Crippen MR) is 67.9 cm³/mol. The lowest BCUT2D eigenvalue weighted by molar-refractivity contribution is -0.119. The van der Waals surface area contributed by atoms with Gasteiger partial charge in [0, 0.05) is 18.2 Å². The molecule has 6 heteroatoms. The fourth-order valence-corrected chi connectivity index (χ4v) is 2.20. The number of primary amides is 1. The molecule has 1 atom stereocenters. The van der Waals surface area contributed by atoms with Gasteiger partial charge in [-0.05, 0) is 37.2 Å². The third-order valence-electron chi connectivity index (χ3n) is 3.15. The van der Waals surface area contributed by atoms with Crippen molar-refractivity contribution in [3.63, 3.8) is 0 Å². The summed E-state index contributed by atoms with van der Waals surface area (Å²) in [6, 6.07) is 5.22. The Morgan fingerprint density at radius 1 is 1.37 bits per heavy atom. The van der Waals surface area contributed by atoms with Crippen LogP contribution in [0.1, 0.15) is 16.8 Å². The Labute approximate surface area is 110 Å². The molecule has 1 heterocycles. The van der Waals surface area contributed by atoms with Crippen LogP contribution in [0.4, 0.5) is 4.39 Å². The molecule has 19 heavy (non-hydrogen) atoms. The maximum absolute atomic E-state index is 12.9. The fourth-order valence-electron chi connectivity index (χ4n) is 2.20. The van der Waals surface area contributed by atoms with Crippen LogP contribution >= 0.6 is 0 Å². The quantitative estimate of drug-likeness (QED) is 0.811. The number of hydrogen-bond donors (Lipinski definition) is 2. The van der Waals surface area contributed by atoms with E-state index in [4.69, 9.17) is 5.73 Å². The van der Waals surface area contributed by atoms with E-state index in [1.807, 2.05) is 0 Å². The number of hydrogen-bond acceptors (Lipinski definition) is 3. The van der Waals surface area contributed by atoms with E-state index in [2.05, 4.69) is 5.32 Å². The lowest BCUT2D eigenvalue weighted by Gasteiger charge is -2.27. The molecule has 1 fully saturated rings. The standard InChI is InChI=1S/C13H16FN3O2/c14-10-3-1-9(2-4-10)13(19)17(8-12(15)18)11-5-6-16-7-11/h1-4,11,16H,5-8H2,(H2,15,18). The van der Waals surface area contributed by atoms with E-state index < -0.39 is 11.7 Å². The molecule has 1 unspecified atom stereocenters. The highest BCUT2D eigenvalue weighted by Gasteiger charge is 2.28. The lowest BCUT2D eigenvalue weighted by atomic mass is 10.1. The first-order chi connectivity index (χ1) is 9.08. The number of amides is 2. The molecule has 1 aromatic carbocycles. The maximum atomic E-state index is 12.9. The van der Waals surface area contributed by atoms with Crippen molar-refractivity contribution in [1.82, 2.24) is 10.2 Å². The Bertz CT molecular complexity index is 469. The van der Waals surface area contributed by atoms with Gasteiger partial charge < -0.3 is 16.0 Å². The summed E-state index contributed by atoms with van der Waals surface area (Å²) >= 11 is 0. The Balaban J connectivity index is 2.18. The average molecular weight is 265 g/mol. The molecule has 0 spiro atoms. The van der Waals surface area contributed by atoms with Crippen molar-refractivity contribution < 1.29 is 14.0 Å².